The van der Waals surface area contributed by atoms with Crippen LogP contribution in [0.1, 0.15) is 0 Å². The Balaban J connectivity index is 1.67. The number of piperazine rings is 1. The second-order valence-electron chi connectivity index (χ2n) is 5.36. The van der Waals surface area contributed by atoms with Gasteiger partial charge in [0.25, 0.3) is 0 Å². The molecule has 0 amide bonds. The number of anilines is 1. The van der Waals surface area contributed by atoms with Gasteiger partial charge in [0.05, 0.1) is 11.0 Å². The van der Waals surface area contributed by atoms with E-state index in [9.17, 15) is 0 Å². The number of imidazole rings is 1. The average molecular weight is 278 g/mol. The van der Waals surface area contributed by atoms with E-state index in [0.29, 0.717) is 0 Å². The summed E-state index contributed by atoms with van der Waals surface area (Å²) in [4.78, 5) is 6.87. The third kappa shape index (κ3) is 2.28. The van der Waals surface area contributed by atoms with Crippen LogP contribution in [0.25, 0.3) is 16.7 Å². The van der Waals surface area contributed by atoms with Crippen LogP contribution >= 0.6 is 0 Å². The lowest BCUT2D eigenvalue weighted by Crippen LogP contribution is -2.43. The maximum absolute atomic E-state index is 4.45. The first-order chi connectivity index (χ1) is 10.4. The summed E-state index contributed by atoms with van der Waals surface area (Å²) in [5.74, 6) is 0. The molecule has 2 heterocycles. The second-order valence-corrected chi connectivity index (χ2v) is 5.36. The van der Waals surface area contributed by atoms with E-state index in [-0.39, 0.29) is 0 Å². The molecule has 0 aliphatic carbocycles. The zero-order chi connectivity index (χ0) is 14.1. The van der Waals surface area contributed by atoms with Crippen LogP contribution in [0.4, 0.5) is 5.69 Å². The SMILES string of the molecule is c1ccc2c(c1)ncn2-c1ccc(N2CCNCC2)cc1. The average Bonchev–Trinajstić information content (AvgIpc) is 3.00. The fourth-order valence-corrected chi connectivity index (χ4v) is 2.91. The Morgan fingerprint density at radius 3 is 2.38 bits per heavy atom. The smallest absolute Gasteiger partial charge is 0.100 e. The van der Waals surface area contributed by atoms with Crippen molar-refractivity contribution < 1.29 is 0 Å². The summed E-state index contributed by atoms with van der Waals surface area (Å²) >= 11 is 0. The van der Waals surface area contributed by atoms with Crippen molar-refractivity contribution in [1.29, 1.82) is 0 Å². The molecule has 2 aromatic carbocycles. The molecule has 0 spiro atoms. The lowest BCUT2D eigenvalue weighted by Gasteiger charge is -2.29. The Labute approximate surface area is 124 Å². The zero-order valence-corrected chi connectivity index (χ0v) is 11.9. The lowest BCUT2D eigenvalue weighted by atomic mass is 10.2. The van der Waals surface area contributed by atoms with Gasteiger partial charge >= 0.3 is 0 Å². The summed E-state index contributed by atoms with van der Waals surface area (Å²) in [6.07, 6.45) is 1.89. The number of nitrogens with zero attached hydrogens (tertiary/aromatic N) is 3. The molecule has 3 aromatic rings. The number of para-hydroxylation sites is 2. The number of nitrogens with one attached hydrogen (secondary N) is 1. The number of fused-ring (bicyclic) bond motifs is 1. The Morgan fingerprint density at radius 2 is 1.57 bits per heavy atom. The highest BCUT2D eigenvalue weighted by atomic mass is 15.2. The molecule has 0 saturated carbocycles. The standard InChI is InChI=1S/C17H18N4/c1-2-4-17-16(3-1)19-13-21(17)15-7-5-14(6-8-15)20-11-9-18-10-12-20/h1-8,13,18H,9-12H2. The van der Waals surface area contributed by atoms with Crippen LogP contribution in [0.15, 0.2) is 54.9 Å². The fraction of sp³-hybridized carbons (Fsp3) is 0.235. The molecular formula is C17H18N4. The Hall–Kier alpha value is -2.33. The topological polar surface area (TPSA) is 33.1 Å². The largest absolute Gasteiger partial charge is 0.369 e. The molecule has 1 aliphatic rings. The van der Waals surface area contributed by atoms with Gasteiger partial charge < -0.3 is 10.2 Å². The van der Waals surface area contributed by atoms with E-state index in [0.717, 1.165) is 42.9 Å². The summed E-state index contributed by atoms with van der Waals surface area (Å²) in [7, 11) is 0. The predicted molar refractivity (Wildman–Crippen MR) is 86.2 cm³/mol. The van der Waals surface area contributed by atoms with Gasteiger partial charge in [0.15, 0.2) is 0 Å². The van der Waals surface area contributed by atoms with Gasteiger partial charge in [0.2, 0.25) is 0 Å². The van der Waals surface area contributed by atoms with Crippen molar-refractivity contribution in [1.82, 2.24) is 14.9 Å². The molecular weight excluding hydrogens is 260 g/mol. The third-order valence-corrected chi connectivity index (χ3v) is 4.06. The molecule has 106 valence electrons. The first kappa shape index (κ1) is 12.4. The van der Waals surface area contributed by atoms with Gasteiger partial charge in [-0.25, -0.2) is 4.98 Å². The van der Waals surface area contributed by atoms with Gasteiger partial charge in [-0.1, -0.05) is 12.1 Å². The summed E-state index contributed by atoms with van der Waals surface area (Å²) in [5, 5.41) is 3.38. The summed E-state index contributed by atoms with van der Waals surface area (Å²) < 4.78 is 2.14. The fourth-order valence-electron chi connectivity index (χ4n) is 2.91. The van der Waals surface area contributed by atoms with Crippen molar-refractivity contribution in [3.8, 4) is 5.69 Å². The molecule has 1 N–H and O–H groups in total. The van der Waals surface area contributed by atoms with Crippen LogP contribution in [0.2, 0.25) is 0 Å². The highest BCUT2D eigenvalue weighted by Crippen LogP contribution is 2.21. The minimum absolute atomic E-state index is 1.03. The number of aromatic nitrogens is 2. The maximum Gasteiger partial charge on any atom is 0.100 e. The van der Waals surface area contributed by atoms with E-state index in [1.807, 2.05) is 18.5 Å². The second kappa shape index (κ2) is 5.22. The van der Waals surface area contributed by atoms with Crippen molar-refractivity contribution in [3.05, 3.63) is 54.9 Å². The molecule has 0 unspecified atom stereocenters. The molecule has 4 nitrogen and oxygen atoms in total. The van der Waals surface area contributed by atoms with E-state index in [2.05, 4.69) is 56.2 Å². The van der Waals surface area contributed by atoms with Crippen molar-refractivity contribution in [2.45, 2.75) is 0 Å². The number of benzene rings is 2. The Bertz CT molecular complexity index is 739. The lowest BCUT2D eigenvalue weighted by molar-refractivity contribution is 0.589. The van der Waals surface area contributed by atoms with E-state index >= 15 is 0 Å². The number of hydrogen-bond acceptors (Lipinski definition) is 3. The van der Waals surface area contributed by atoms with Gasteiger partial charge in [0.1, 0.15) is 6.33 Å². The van der Waals surface area contributed by atoms with E-state index in [4.69, 9.17) is 0 Å². The number of hydrogen-bond donors (Lipinski definition) is 1. The Kier molecular flexibility index (Phi) is 3.09. The normalized spacial score (nSPS) is 15.5. The minimum Gasteiger partial charge on any atom is -0.369 e. The van der Waals surface area contributed by atoms with Gasteiger partial charge in [-0.3, -0.25) is 4.57 Å². The molecule has 0 bridgehead atoms. The quantitative estimate of drug-likeness (QED) is 0.781. The summed E-state index contributed by atoms with van der Waals surface area (Å²) in [5.41, 5.74) is 4.63. The Morgan fingerprint density at radius 1 is 0.857 bits per heavy atom. The van der Waals surface area contributed by atoms with E-state index < -0.39 is 0 Å². The summed E-state index contributed by atoms with van der Waals surface area (Å²) in [6, 6.07) is 17.0. The van der Waals surface area contributed by atoms with Gasteiger partial charge in [-0.15, -0.1) is 0 Å². The predicted octanol–water partition coefficient (Wildman–Crippen LogP) is 2.44. The van der Waals surface area contributed by atoms with Crippen LogP contribution in [0, 0.1) is 0 Å². The van der Waals surface area contributed by atoms with Gasteiger partial charge in [-0.05, 0) is 36.4 Å². The molecule has 1 saturated heterocycles. The first-order valence-electron chi connectivity index (χ1n) is 7.40. The van der Waals surface area contributed by atoms with Crippen LogP contribution in [0.5, 0.6) is 0 Å². The van der Waals surface area contributed by atoms with Crippen LogP contribution < -0.4 is 10.2 Å². The van der Waals surface area contributed by atoms with Crippen LogP contribution in [0.3, 0.4) is 0 Å². The highest BCUT2D eigenvalue weighted by molar-refractivity contribution is 5.77. The molecule has 1 fully saturated rings. The molecule has 1 aliphatic heterocycles. The van der Waals surface area contributed by atoms with Crippen LogP contribution in [-0.4, -0.2) is 35.7 Å². The summed E-state index contributed by atoms with van der Waals surface area (Å²) in [6.45, 7) is 4.28. The van der Waals surface area contributed by atoms with E-state index in [1.165, 1.54) is 5.69 Å². The molecule has 0 radical (unpaired) electrons. The van der Waals surface area contributed by atoms with E-state index in [1.54, 1.807) is 0 Å². The molecule has 21 heavy (non-hydrogen) atoms. The number of rotatable bonds is 2. The van der Waals surface area contributed by atoms with Gasteiger partial charge in [0, 0.05) is 37.6 Å². The maximum atomic E-state index is 4.45. The van der Waals surface area contributed by atoms with Crippen LogP contribution in [-0.2, 0) is 0 Å². The van der Waals surface area contributed by atoms with Crippen molar-refractivity contribution in [2.24, 2.45) is 0 Å². The molecule has 1 aromatic heterocycles. The van der Waals surface area contributed by atoms with Crippen molar-refractivity contribution >= 4 is 16.7 Å². The third-order valence-electron chi connectivity index (χ3n) is 4.06. The van der Waals surface area contributed by atoms with Crippen molar-refractivity contribution in [2.75, 3.05) is 31.1 Å². The molecule has 4 heteroatoms. The minimum atomic E-state index is 1.03. The zero-order valence-electron chi connectivity index (χ0n) is 11.9. The molecule has 0 atom stereocenters. The highest BCUT2D eigenvalue weighted by Gasteiger charge is 2.10. The van der Waals surface area contributed by atoms with Crippen molar-refractivity contribution in [3.63, 3.8) is 0 Å². The molecule has 4 rings (SSSR count). The van der Waals surface area contributed by atoms with Gasteiger partial charge in [-0.2, -0.15) is 0 Å². The monoisotopic (exact) mass is 278 g/mol. The first-order valence-corrected chi connectivity index (χ1v) is 7.40.